The van der Waals surface area contributed by atoms with Crippen molar-refractivity contribution in [1.29, 1.82) is 0 Å². The van der Waals surface area contributed by atoms with Crippen molar-refractivity contribution >= 4 is 17.4 Å². The maximum atomic E-state index is 12.4. The Morgan fingerprint density at radius 3 is 2.88 bits per heavy atom. The molecule has 5 nitrogen and oxygen atoms in total. The molecule has 0 bridgehead atoms. The molecule has 6 heteroatoms. The molecule has 1 fully saturated rings. The van der Waals surface area contributed by atoms with Crippen LogP contribution in [0.25, 0.3) is 0 Å². The van der Waals surface area contributed by atoms with Gasteiger partial charge in [-0.2, -0.15) is 0 Å². The standard InChI is InChI=1S/C18H31N3O2S/c1-15(13-17-5-4-12-24-17)19-18(22)20(2)14-16-6-8-21(9-7-16)10-11-23-3/h4-5,12,15-16H,6-11,13-14H2,1-3H3,(H,19,22). The fraction of sp³-hybridized carbons (Fsp3) is 0.722. The van der Waals surface area contributed by atoms with Gasteiger partial charge < -0.3 is 19.9 Å². The highest BCUT2D eigenvalue weighted by molar-refractivity contribution is 7.09. The van der Waals surface area contributed by atoms with Gasteiger partial charge in [-0.05, 0) is 50.2 Å². The van der Waals surface area contributed by atoms with E-state index >= 15 is 0 Å². The molecule has 1 aliphatic heterocycles. The number of likely N-dealkylation sites (tertiary alicyclic amines) is 1. The van der Waals surface area contributed by atoms with Gasteiger partial charge in [-0.1, -0.05) is 6.07 Å². The van der Waals surface area contributed by atoms with Crippen LogP contribution in [0.3, 0.4) is 0 Å². The molecule has 0 aromatic carbocycles. The number of piperidine rings is 1. The molecule has 1 aliphatic rings. The van der Waals surface area contributed by atoms with E-state index in [4.69, 9.17) is 4.74 Å². The Bertz CT molecular complexity index is 473. The molecular weight excluding hydrogens is 322 g/mol. The average molecular weight is 354 g/mol. The molecule has 24 heavy (non-hydrogen) atoms. The van der Waals surface area contributed by atoms with Crippen LogP contribution >= 0.6 is 11.3 Å². The number of amides is 2. The van der Waals surface area contributed by atoms with E-state index in [2.05, 4.69) is 34.7 Å². The lowest BCUT2D eigenvalue weighted by Crippen LogP contribution is -2.46. The minimum Gasteiger partial charge on any atom is -0.383 e. The Morgan fingerprint density at radius 2 is 2.25 bits per heavy atom. The maximum absolute atomic E-state index is 12.4. The van der Waals surface area contributed by atoms with E-state index in [0.29, 0.717) is 5.92 Å². The summed E-state index contributed by atoms with van der Waals surface area (Å²) in [4.78, 5) is 18.0. The first-order valence-corrected chi connectivity index (χ1v) is 9.71. The van der Waals surface area contributed by atoms with Gasteiger partial charge in [0, 0.05) is 44.6 Å². The van der Waals surface area contributed by atoms with Crippen LogP contribution in [0.5, 0.6) is 0 Å². The van der Waals surface area contributed by atoms with Crippen LogP contribution < -0.4 is 5.32 Å². The van der Waals surface area contributed by atoms with Gasteiger partial charge in [0.25, 0.3) is 0 Å². The monoisotopic (exact) mass is 353 g/mol. The third-order valence-corrected chi connectivity index (χ3v) is 5.55. The fourth-order valence-corrected chi connectivity index (χ4v) is 4.02. The van der Waals surface area contributed by atoms with Gasteiger partial charge in [0.2, 0.25) is 0 Å². The normalized spacial score (nSPS) is 17.6. The van der Waals surface area contributed by atoms with E-state index < -0.39 is 0 Å². The van der Waals surface area contributed by atoms with E-state index in [9.17, 15) is 4.79 Å². The smallest absolute Gasteiger partial charge is 0.317 e. The number of rotatable bonds is 8. The molecule has 0 saturated carbocycles. The minimum atomic E-state index is 0.0425. The van der Waals surface area contributed by atoms with Crippen molar-refractivity contribution in [3.05, 3.63) is 22.4 Å². The van der Waals surface area contributed by atoms with Crippen molar-refractivity contribution in [2.45, 2.75) is 32.2 Å². The molecule has 0 spiro atoms. The molecule has 1 atom stereocenters. The Labute approximate surface area is 150 Å². The summed E-state index contributed by atoms with van der Waals surface area (Å²) >= 11 is 1.74. The van der Waals surface area contributed by atoms with E-state index in [-0.39, 0.29) is 12.1 Å². The lowest BCUT2D eigenvalue weighted by Gasteiger charge is -2.34. The van der Waals surface area contributed by atoms with Crippen molar-refractivity contribution < 1.29 is 9.53 Å². The van der Waals surface area contributed by atoms with Crippen LogP contribution in [-0.4, -0.2) is 68.8 Å². The molecule has 1 aromatic rings. The summed E-state index contributed by atoms with van der Waals surface area (Å²) in [6.07, 6.45) is 3.22. The zero-order valence-electron chi connectivity index (χ0n) is 15.2. The van der Waals surface area contributed by atoms with Crippen LogP contribution in [0.2, 0.25) is 0 Å². The van der Waals surface area contributed by atoms with Gasteiger partial charge in [-0.3, -0.25) is 0 Å². The third kappa shape index (κ3) is 6.42. The first kappa shape index (κ1) is 19.2. The summed E-state index contributed by atoms with van der Waals surface area (Å²) in [6, 6.07) is 4.38. The molecule has 136 valence electrons. The number of methoxy groups -OCH3 is 1. The lowest BCUT2D eigenvalue weighted by molar-refractivity contribution is 0.112. The highest BCUT2D eigenvalue weighted by Crippen LogP contribution is 2.18. The predicted molar refractivity (Wildman–Crippen MR) is 99.7 cm³/mol. The van der Waals surface area contributed by atoms with Crippen molar-refractivity contribution in [2.24, 2.45) is 5.92 Å². The fourth-order valence-electron chi connectivity index (χ4n) is 3.19. The summed E-state index contributed by atoms with van der Waals surface area (Å²) < 4.78 is 5.14. The van der Waals surface area contributed by atoms with Crippen molar-refractivity contribution in [3.63, 3.8) is 0 Å². The molecular formula is C18H31N3O2S. The van der Waals surface area contributed by atoms with Gasteiger partial charge in [0.05, 0.1) is 6.61 Å². The summed E-state index contributed by atoms with van der Waals surface area (Å²) in [5, 5.41) is 5.19. The Morgan fingerprint density at radius 1 is 1.50 bits per heavy atom. The van der Waals surface area contributed by atoms with E-state index in [1.54, 1.807) is 18.4 Å². The number of urea groups is 1. The average Bonchev–Trinajstić information content (AvgIpc) is 3.06. The Balaban J connectivity index is 1.66. The molecule has 2 heterocycles. The number of carbonyl (C=O) groups is 1. The topological polar surface area (TPSA) is 44.8 Å². The van der Waals surface area contributed by atoms with Crippen molar-refractivity contribution in [1.82, 2.24) is 15.1 Å². The summed E-state index contributed by atoms with van der Waals surface area (Å²) in [5.74, 6) is 0.604. The Hall–Kier alpha value is -1.11. The summed E-state index contributed by atoms with van der Waals surface area (Å²) in [6.45, 7) is 6.95. The van der Waals surface area contributed by atoms with E-state index in [1.807, 2.05) is 11.9 Å². The number of nitrogens with zero attached hydrogens (tertiary/aromatic N) is 2. The second-order valence-electron chi connectivity index (χ2n) is 6.79. The zero-order chi connectivity index (χ0) is 17.4. The molecule has 2 amide bonds. The molecule has 1 N–H and O–H groups in total. The highest BCUT2D eigenvalue weighted by atomic mass is 32.1. The second-order valence-corrected chi connectivity index (χ2v) is 7.82. The number of carbonyl (C=O) groups excluding carboxylic acids is 1. The molecule has 0 radical (unpaired) electrons. The van der Waals surface area contributed by atoms with Crippen LogP contribution in [-0.2, 0) is 11.2 Å². The maximum Gasteiger partial charge on any atom is 0.317 e. The SMILES string of the molecule is COCCN1CCC(CN(C)C(=O)NC(C)Cc2cccs2)CC1. The predicted octanol–water partition coefficient (Wildman–Crippen LogP) is 2.68. The van der Waals surface area contributed by atoms with Crippen LogP contribution in [0.1, 0.15) is 24.6 Å². The number of hydrogen-bond acceptors (Lipinski definition) is 4. The Kier molecular flexibility index (Phi) is 8.02. The largest absolute Gasteiger partial charge is 0.383 e. The summed E-state index contributed by atoms with van der Waals surface area (Å²) in [5.41, 5.74) is 0. The lowest BCUT2D eigenvalue weighted by atomic mass is 9.96. The quantitative estimate of drug-likeness (QED) is 0.781. The van der Waals surface area contributed by atoms with Gasteiger partial charge in [0.1, 0.15) is 0 Å². The number of thiophene rings is 1. The molecule has 2 rings (SSSR count). The molecule has 1 saturated heterocycles. The van der Waals surface area contributed by atoms with Crippen LogP contribution in [0.15, 0.2) is 17.5 Å². The van der Waals surface area contributed by atoms with Crippen molar-refractivity contribution in [2.75, 3.05) is 46.9 Å². The first-order chi connectivity index (χ1) is 11.6. The third-order valence-electron chi connectivity index (χ3n) is 4.65. The van der Waals surface area contributed by atoms with Crippen LogP contribution in [0.4, 0.5) is 4.79 Å². The molecule has 1 unspecified atom stereocenters. The molecule has 1 aromatic heterocycles. The number of hydrogen-bond donors (Lipinski definition) is 1. The van der Waals surface area contributed by atoms with Gasteiger partial charge in [-0.25, -0.2) is 4.79 Å². The number of nitrogens with one attached hydrogen (secondary N) is 1. The highest BCUT2D eigenvalue weighted by Gasteiger charge is 2.22. The minimum absolute atomic E-state index is 0.0425. The van der Waals surface area contributed by atoms with E-state index in [0.717, 1.165) is 52.0 Å². The second kappa shape index (κ2) is 10.0. The molecule has 0 aliphatic carbocycles. The van der Waals surface area contributed by atoms with Crippen LogP contribution in [0, 0.1) is 5.92 Å². The summed E-state index contributed by atoms with van der Waals surface area (Å²) in [7, 11) is 3.66. The zero-order valence-corrected chi connectivity index (χ0v) is 16.0. The van der Waals surface area contributed by atoms with Gasteiger partial charge in [-0.15, -0.1) is 11.3 Å². The van der Waals surface area contributed by atoms with E-state index in [1.165, 1.54) is 4.88 Å². The van der Waals surface area contributed by atoms with Gasteiger partial charge in [0.15, 0.2) is 0 Å². The van der Waals surface area contributed by atoms with Gasteiger partial charge >= 0.3 is 6.03 Å². The number of ether oxygens (including phenoxy) is 1. The van der Waals surface area contributed by atoms with Crippen molar-refractivity contribution in [3.8, 4) is 0 Å². The first-order valence-electron chi connectivity index (χ1n) is 8.83.